The fraction of sp³-hybridized carbons (Fsp3) is 0.333. The van der Waals surface area contributed by atoms with Crippen LogP contribution in [0.4, 0.5) is 0 Å². The van der Waals surface area contributed by atoms with Crippen molar-refractivity contribution in [3.05, 3.63) is 11.6 Å². The predicted molar refractivity (Wildman–Crippen MR) is 32.7 cm³/mol. The molecule has 0 aromatic rings. The molecule has 0 saturated carbocycles. The number of azo groups is 1. The highest BCUT2D eigenvalue weighted by Gasteiger charge is 2.02. The van der Waals surface area contributed by atoms with E-state index in [2.05, 4.69) is 15.7 Å². The van der Waals surface area contributed by atoms with E-state index in [0.717, 1.165) is 0 Å². The molecule has 0 aliphatic carbocycles. The van der Waals surface area contributed by atoms with Crippen molar-refractivity contribution in [3.8, 4) is 0 Å². The van der Waals surface area contributed by atoms with Gasteiger partial charge in [-0.05, 0) is 5.41 Å². The lowest BCUT2D eigenvalue weighted by atomic mass is 11.0. The van der Waals surface area contributed by atoms with E-state index in [1.165, 1.54) is 11.8 Å². The molecule has 0 bridgehead atoms. The lowest BCUT2D eigenvalue weighted by Gasteiger charge is -2.06. The fourth-order valence-corrected chi connectivity index (χ4v) is 0.797. The Balaban J connectivity index is 2.40. The van der Waals surface area contributed by atoms with Crippen LogP contribution in [0.1, 0.15) is 0 Å². The van der Waals surface area contributed by atoms with Crippen molar-refractivity contribution < 1.29 is 0 Å². The SMILES string of the molecule is NNC1N=NC=CS1. The first kappa shape index (κ1) is 5.74. The molecule has 0 aromatic heterocycles. The third kappa shape index (κ3) is 1.29. The van der Waals surface area contributed by atoms with Crippen LogP contribution in [-0.4, -0.2) is 5.50 Å². The average Bonchev–Trinajstić information content (AvgIpc) is 1.90. The minimum atomic E-state index is -0.0972. The molecule has 5 heteroatoms. The summed E-state index contributed by atoms with van der Waals surface area (Å²) in [7, 11) is 0. The first-order chi connectivity index (χ1) is 3.93. The summed E-state index contributed by atoms with van der Waals surface area (Å²) in [5.74, 6) is 5.04. The van der Waals surface area contributed by atoms with Gasteiger partial charge in [-0.1, -0.05) is 11.8 Å². The van der Waals surface area contributed by atoms with Crippen LogP contribution in [0.3, 0.4) is 0 Å². The monoisotopic (exact) mass is 130 g/mol. The molecule has 44 valence electrons. The Bertz CT molecular complexity index is 120. The van der Waals surface area contributed by atoms with Gasteiger partial charge in [0.15, 0.2) is 5.50 Å². The van der Waals surface area contributed by atoms with E-state index in [1.54, 1.807) is 6.20 Å². The van der Waals surface area contributed by atoms with Gasteiger partial charge in [0.2, 0.25) is 0 Å². The van der Waals surface area contributed by atoms with Gasteiger partial charge in [0.05, 0.1) is 6.20 Å². The van der Waals surface area contributed by atoms with Crippen molar-refractivity contribution in [3.63, 3.8) is 0 Å². The summed E-state index contributed by atoms with van der Waals surface area (Å²) in [6.07, 6.45) is 1.62. The molecule has 1 atom stereocenters. The van der Waals surface area contributed by atoms with Gasteiger partial charge in [0, 0.05) is 0 Å². The molecule has 1 aliphatic rings. The number of nitrogens with two attached hydrogens (primary N) is 1. The second-order valence-corrected chi connectivity index (χ2v) is 2.16. The second kappa shape index (κ2) is 2.81. The molecule has 0 fully saturated rings. The lowest BCUT2D eigenvalue weighted by Crippen LogP contribution is -2.30. The van der Waals surface area contributed by atoms with Crippen LogP contribution in [0.15, 0.2) is 21.8 Å². The number of nitrogens with one attached hydrogen (secondary N) is 1. The van der Waals surface area contributed by atoms with E-state index in [0.29, 0.717) is 0 Å². The van der Waals surface area contributed by atoms with Crippen LogP contribution in [0.5, 0.6) is 0 Å². The number of hydrogen-bond acceptors (Lipinski definition) is 5. The van der Waals surface area contributed by atoms with Gasteiger partial charge in [-0.3, -0.25) is 5.84 Å². The molecule has 1 unspecified atom stereocenters. The minimum absolute atomic E-state index is 0.0972. The number of hydrazine groups is 1. The average molecular weight is 130 g/mol. The van der Waals surface area contributed by atoms with E-state index < -0.39 is 0 Å². The standard InChI is InChI=1S/C3H6N4S/c4-6-3-7-5-1-2-8-3/h1-3,6H,4H2. The highest BCUT2D eigenvalue weighted by Crippen LogP contribution is 2.14. The van der Waals surface area contributed by atoms with Crippen molar-refractivity contribution in [2.75, 3.05) is 0 Å². The normalized spacial score (nSPS) is 26.4. The third-order valence-corrected chi connectivity index (χ3v) is 1.42. The topological polar surface area (TPSA) is 62.8 Å². The van der Waals surface area contributed by atoms with Crippen LogP contribution < -0.4 is 11.3 Å². The van der Waals surface area contributed by atoms with Crippen LogP contribution in [0.25, 0.3) is 0 Å². The van der Waals surface area contributed by atoms with Gasteiger partial charge >= 0.3 is 0 Å². The Hall–Kier alpha value is -0.390. The van der Waals surface area contributed by atoms with Gasteiger partial charge < -0.3 is 0 Å². The number of nitrogens with zero attached hydrogens (tertiary/aromatic N) is 2. The van der Waals surface area contributed by atoms with E-state index >= 15 is 0 Å². The summed E-state index contributed by atoms with van der Waals surface area (Å²) in [6, 6.07) is 0. The predicted octanol–water partition coefficient (Wildman–Crippen LogP) is 0.404. The maximum Gasteiger partial charge on any atom is 0.184 e. The van der Waals surface area contributed by atoms with Crippen molar-refractivity contribution in [1.29, 1.82) is 0 Å². The summed E-state index contributed by atoms with van der Waals surface area (Å²) in [5.41, 5.74) is 2.36. The Labute approximate surface area is 51.2 Å². The molecule has 0 radical (unpaired) electrons. The zero-order valence-electron chi connectivity index (χ0n) is 4.11. The number of rotatable bonds is 1. The summed E-state index contributed by atoms with van der Waals surface area (Å²) in [4.78, 5) is 0. The van der Waals surface area contributed by atoms with Crippen LogP contribution in [-0.2, 0) is 0 Å². The smallest absolute Gasteiger partial charge is 0.184 e. The number of hydrogen-bond donors (Lipinski definition) is 2. The van der Waals surface area contributed by atoms with Crippen molar-refractivity contribution in [2.45, 2.75) is 5.50 Å². The lowest BCUT2D eigenvalue weighted by molar-refractivity contribution is 0.681. The Morgan fingerprint density at radius 1 is 1.75 bits per heavy atom. The minimum Gasteiger partial charge on any atom is -0.269 e. The first-order valence-electron chi connectivity index (χ1n) is 2.10. The van der Waals surface area contributed by atoms with Crippen molar-refractivity contribution in [1.82, 2.24) is 5.43 Å². The van der Waals surface area contributed by atoms with Gasteiger partial charge in [0.1, 0.15) is 0 Å². The maximum atomic E-state index is 5.04. The van der Waals surface area contributed by atoms with E-state index in [4.69, 9.17) is 5.84 Å². The molecule has 4 nitrogen and oxygen atoms in total. The summed E-state index contributed by atoms with van der Waals surface area (Å²) in [5, 5.41) is 9.15. The van der Waals surface area contributed by atoms with Crippen LogP contribution >= 0.6 is 11.8 Å². The van der Waals surface area contributed by atoms with Crippen LogP contribution in [0, 0.1) is 0 Å². The van der Waals surface area contributed by atoms with Crippen LogP contribution in [0.2, 0.25) is 0 Å². The Morgan fingerprint density at radius 2 is 2.62 bits per heavy atom. The van der Waals surface area contributed by atoms with E-state index in [1.807, 2.05) is 5.41 Å². The quantitative estimate of drug-likeness (QED) is 0.399. The highest BCUT2D eigenvalue weighted by molar-refractivity contribution is 8.02. The molecule has 0 amide bonds. The molecular weight excluding hydrogens is 124 g/mol. The molecule has 0 spiro atoms. The van der Waals surface area contributed by atoms with Gasteiger partial charge in [-0.15, -0.1) is 0 Å². The molecule has 8 heavy (non-hydrogen) atoms. The molecule has 0 aromatic carbocycles. The Morgan fingerprint density at radius 3 is 3.00 bits per heavy atom. The molecule has 3 N–H and O–H groups in total. The van der Waals surface area contributed by atoms with E-state index in [9.17, 15) is 0 Å². The van der Waals surface area contributed by atoms with Gasteiger partial charge in [-0.2, -0.15) is 10.2 Å². The highest BCUT2D eigenvalue weighted by atomic mass is 32.2. The van der Waals surface area contributed by atoms with Gasteiger partial charge in [0.25, 0.3) is 0 Å². The molecule has 1 heterocycles. The molecule has 1 rings (SSSR count). The first-order valence-corrected chi connectivity index (χ1v) is 3.04. The number of thioether (sulfide) groups is 1. The Kier molecular flexibility index (Phi) is 2.01. The van der Waals surface area contributed by atoms with Gasteiger partial charge in [-0.25, -0.2) is 5.43 Å². The van der Waals surface area contributed by atoms with Crippen molar-refractivity contribution >= 4 is 11.8 Å². The zero-order valence-corrected chi connectivity index (χ0v) is 4.93. The zero-order chi connectivity index (χ0) is 5.82. The summed E-state index contributed by atoms with van der Waals surface area (Å²) in [6.45, 7) is 0. The fourth-order valence-electron chi connectivity index (χ4n) is 0.336. The summed E-state index contributed by atoms with van der Waals surface area (Å²) < 4.78 is 0. The summed E-state index contributed by atoms with van der Waals surface area (Å²) >= 11 is 1.49. The third-order valence-electron chi connectivity index (χ3n) is 0.649. The largest absolute Gasteiger partial charge is 0.269 e. The molecule has 1 aliphatic heterocycles. The van der Waals surface area contributed by atoms with Crippen molar-refractivity contribution in [2.24, 2.45) is 16.1 Å². The molecule has 0 saturated heterocycles. The van der Waals surface area contributed by atoms with E-state index in [-0.39, 0.29) is 5.50 Å². The maximum absolute atomic E-state index is 5.04. The second-order valence-electron chi connectivity index (χ2n) is 1.17. The molecular formula is C3H6N4S.